The van der Waals surface area contributed by atoms with Gasteiger partial charge in [-0.15, -0.1) is 0 Å². The van der Waals surface area contributed by atoms with E-state index in [-0.39, 0.29) is 5.91 Å². The van der Waals surface area contributed by atoms with Gasteiger partial charge in [0.15, 0.2) is 0 Å². The van der Waals surface area contributed by atoms with Crippen molar-refractivity contribution in [2.45, 2.75) is 0 Å². The maximum Gasteiger partial charge on any atom is 0.273 e. The van der Waals surface area contributed by atoms with Crippen molar-refractivity contribution in [1.82, 2.24) is 9.55 Å². The minimum atomic E-state index is -0.229. The summed E-state index contributed by atoms with van der Waals surface area (Å²) in [5.41, 5.74) is 1.11. The SMILES string of the molecule is Cn1cncc1C(=O)Nc1cccc(Cl)c1Br. The molecule has 0 bridgehead atoms. The first-order valence-electron chi connectivity index (χ1n) is 4.81. The Morgan fingerprint density at radius 2 is 2.29 bits per heavy atom. The quantitative estimate of drug-likeness (QED) is 0.926. The number of amides is 1. The van der Waals surface area contributed by atoms with Gasteiger partial charge in [0.1, 0.15) is 5.69 Å². The number of halogens is 2. The number of hydrogen-bond donors (Lipinski definition) is 1. The fourth-order valence-electron chi connectivity index (χ4n) is 1.36. The standard InChI is InChI=1S/C11H9BrClN3O/c1-16-6-14-5-9(16)11(17)15-8-4-2-3-7(13)10(8)12/h2-6H,1H3,(H,15,17). The van der Waals surface area contributed by atoms with Crippen molar-refractivity contribution in [2.75, 3.05) is 5.32 Å². The summed E-state index contributed by atoms with van der Waals surface area (Å²) in [6, 6.07) is 5.28. The Balaban J connectivity index is 2.25. The number of hydrogen-bond acceptors (Lipinski definition) is 2. The fraction of sp³-hybridized carbons (Fsp3) is 0.0909. The first kappa shape index (κ1) is 12.1. The third kappa shape index (κ3) is 2.50. The molecule has 1 heterocycles. The van der Waals surface area contributed by atoms with Crippen LogP contribution in [0.15, 0.2) is 35.2 Å². The van der Waals surface area contributed by atoms with Crippen molar-refractivity contribution in [3.05, 3.63) is 45.9 Å². The van der Waals surface area contributed by atoms with Gasteiger partial charge in [-0.05, 0) is 28.1 Å². The molecule has 1 aromatic carbocycles. The molecule has 1 N–H and O–H groups in total. The molecule has 0 saturated carbocycles. The third-order valence-electron chi connectivity index (χ3n) is 2.25. The second kappa shape index (κ2) is 4.89. The van der Waals surface area contributed by atoms with E-state index in [2.05, 4.69) is 26.2 Å². The van der Waals surface area contributed by atoms with Crippen molar-refractivity contribution in [3.63, 3.8) is 0 Å². The number of benzene rings is 1. The topological polar surface area (TPSA) is 46.9 Å². The van der Waals surface area contributed by atoms with Crippen LogP contribution < -0.4 is 5.32 Å². The lowest BCUT2D eigenvalue weighted by atomic mass is 10.3. The summed E-state index contributed by atoms with van der Waals surface area (Å²) in [5, 5.41) is 3.31. The van der Waals surface area contributed by atoms with Crippen molar-refractivity contribution < 1.29 is 4.79 Å². The van der Waals surface area contributed by atoms with Gasteiger partial charge in [0, 0.05) is 7.05 Å². The van der Waals surface area contributed by atoms with Crippen LogP contribution in [-0.4, -0.2) is 15.5 Å². The first-order chi connectivity index (χ1) is 8.09. The molecular formula is C11H9BrClN3O. The van der Waals surface area contributed by atoms with Gasteiger partial charge in [-0.3, -0.25) is 4.79 Å². The smallest absolute Gasteiger partial charge is 0.273 e. The normalized spacial score (nSPS) is 10.3. The van der Waals surface area contributed by atoms with Gasteiger partial charge in [-0.2, -0.15) is 0 Å². The summed E-state index contributed by atoms with van der Waals surface area (Å²) in [6.07, 6.45) is 3.08. The Morgan fingerprint density at radius 1 is 1.53 bits per heavy atom. The summed E-state index contributed by atoms with van der Waals surface area (Å²) in [4.78, 5) is 15.8. The van der Waals surface area contributed by atoms with Gasteiger partial charge < -0.3 is 9.88 Å². The van der Waals surface area contributed by atoms with E-state index in [1.165, 1.54) is 6.20 Å². The Hall–Kier alpha value is -1.33. The van der Waals surface area contributed by atoms with Crippen LogP contribution in [0, 0.1) is 0 Å². The number of nitrogens with zero attached hydrogens (tertiary/aromatic N) is 2. The number of anilines is 1. The Bertz CT molecular complexity index is 568. The molecule has 2 rings (SSSR count). The number of rotatable bonds is 2. The highest BCUT2D eigenvalue weighted by Crippen LogP contribution is 2.30. The van der Waals surface area contributed by atoms with Crippen LogP contribution in [0.3, 0.4) is 0 Å². The van der Waals surface area contributed by atoms with Gasteiger partial charge >= 0.3 is 0 Å². The summed E-state index contributed by atoms with van der Waals surface area (Å²) in [7, 11) is 1.76. The number of imidazole rings is 1. The van der Waals surface area contributed by atoms with Crippen molar-refractivity contribution in [1.29, 1.82) is 0 Å². The molecule has 17 heavy (non-hydrogen) atoms. The number of aromatic nitrogens is 2. The van der Waals surface area contributed by atoms with Gasteiger partial charge in [-0.1, -0.05) is 17.7 Å². The third-order valence-corrected chi connectivity index (χ3v) is 3.65. The van der Waals surface area contributed by atoms with E-state index < -0.39 is 0 Å². The van der Waals surface area contributed by atoms with E-state index in [1.54, 1.807) is 36.1 Å². The number of aryl methyl sites for hydroxylation is 1. The average Bonchev–Trinajstić information content (AvgIpc) is 2.71. The zero-order valence-corrected chi connectivity index (χ0v) is 11.3. The number of nitrogens with one attached hydrogen (secondary N) is 1. The molecule has 88 valence electrons. The molecule has 0 aliphatic heterocycles. The van der Waals surface area contributed by atoms with Gasteiger partial charge in [0.05, 0.1) is 27.7 Å². The zero-order valence-electron chi connectivity index (χ0n) is 8.95. The molecule has 1 aromatic heterocycles. The van der Waals surface area contributed by atoms with Crippen LogP contribution in [-0.2, 0) is 7.05 Å². The molecule has 0 atom stereocenters. The predicted molar refractivity (Wildman–Crippen MR) is 70.3 cm³/mol. The summed E-state index contributed by atoms with van der Waals surface area (Å²) >= 11 is 9.26. The molecule has 0 aliphatic carbocycles. The molecule has 0 unspecified atom stereocenters. The van der Waals surface area contributed by atoms with Crippen LogP contribution in [0.2, 0.25) is 5.02 Å². The van der Waals surface area contributed by atoms with Gasteiger partial charge in [0.2, 0.25) is 0 Å². The second-order valence-corrected chi connectivity index (χ2v) is 4.65. The lowest BCUT2D eigenvalue weighted by molar-refractivity contribution is 0.101. The molecule has 0 radical (unpaired) electrons. The maximum atomic E-state index is 11.9. The van der Waals surface area contributed by atoms with Crippen molar-refractivity contribution in [2.24, 2.45) is 7.05 Å². The van der Waals surface area contributed by atoms with Crippen LogP contribution in [0.5, 0.6) is 0 Å². The number of carbonyl (C=O) groups is 1. The second-order valence-electron chi connectivity index (χ2n) is 3.45. The monoisotopic (exact) mass is 313 g/mol. The fourth-order valence-corrected chi connectivity index (χ4v) is 1.90. The molecule has 2 aromatic rings. The largest absolute Gasteiger partial charge is 0.330 e. The minimum absolute atomic E-state index is 0.229. The Morgan fingerprint density at radius 3 is 2.94 bits per heavy atom. The molecule has 0 fully saturated rings. The molecule has 0 aliphatic rings. The van der Waals surface area contributed by atoms with E-state index in [1.807, 2.05) is 0 Å². The van der Waals surface area contributed by atoms with E-state index in [4.69, 9.17) is 11.6 Å². The minimum Gasteiger partial charge on any atom is -0.330 e. The van der Waals surface area contributed by atoms with Crippen molar-refractivity contribution in [3.8, 4) is 0 Å². The van der Waals surface area contributed by atoms with Crippen LogP contribution >= 0.6 is 27.5 Å². The molecule has 4 nitrogen and oxygen atoms in total. The van der Waals surface area contributed by atoms with E-state index in [0.29, 0.717) is 20.9 Å². The van der Waals surface area contributed by atoms with E-state index in [0.717, 1.165) is 0 Å². The summed E-state index contributed by atoms with van der Waals surface area (Å²) in [6.45, 7) is 0. The van der Waals surface area contributed by atoms with Crippen LogP contribution in [0.1, 0.15) is 10.5 Å². The molecule has 0 saturated heterocycles. The maximum absolute atomic E-state index is 11.9. The molecule has 1 amide bonds. The van der Waals surface area contributed by atoms with Crippen molar-refractivity contribution >= 4 is 39.1 Å². The van der Waals surface area contributed by atoms with E-state index >= 15 is 0 Å². The summed E-state index contributed by atoms with van der Waals surface area (Å²) in [5.74, 6) is -0.229. The lowest BCUT2D eigenvalue weighted by Crippen LogP contribution is -2.15. The molecular weight excluding hydrogens is 305 g/mol. The number of carbonyl (C=O) groups excluding carboxylic acids is 1. The first-order valence-corrected chi connectivity index (χ1v) is 5.98. The van der Waals surface area contributed by atoms with Crippen LogP contribution in [0.25, 0.3) is 0 Å². The lowest BCUT2D eigenvalue weighted by Gasteiger charge is -2.08. The van der Waals surface area contributed by atoms with Gasteiger partial charge in [-0.25, -0.2) is 4.98 Å². The zero-order chi connectivity index (χ0) is 12.4. The molecule has 0 spiro atoms. The highest BCUT2D eigenvalue weighted by molar-refractivity contribution is 9.10. The Labute approximate surface area is 112 Å². The average molecular weight is 315 g/mol. The highest BCUT2D eigenvalue weighted by Gasteiger charge is 2.12. The highest BCUT2D eigenvalue weighted by atomic mass is 79.9. The van der Waals surface area contributed by atoms with E-state index in [9.17, 15) is 4.79 Å². The summed E-state index contributed by atoms with van der Waals surface area (Å²) < 4.78 is 2.31. The molecule has 6 heteroatoms. The predicted octanol–water partition coefficient (Wildman–Crippen LogP) is 3.09. The van der Waals surface area contributed by atoms with Crippen LogP contribution in [0.4, 0.5) is 5.69 Å². The van der Waals surface area contributed by atoms with Gasteiger partial charge in [0.25, 0.3) is 5.91 Å². The Kier molecular flexibility index (Phi) is 3.49.